The minimum Gasteiger partial charge on any atom is -0.393 e. The molecule has 0 aliphatic heterocycles. The lowest BCUT2D eigenvalue weighted by atomic mass is 9.81. The first-order valence-electron chi connectivity index (χ1n) is 5.60. The molecule has 0 fully saturated rings. The molecule has 0 saturated heterocycles. The molecule has 0 aromatic rings. The summed E-state index contributed by atoms with van der Waals surface area (Å²) in [7, 11) is 0. The normalized spacial score (nSPS) is 27.2. The first-order valence-corrected chi connectivity index (χ1v) is 5.60. The van der Waals surface area contributed by atoms with Gasteiger partial charge in [0, 0.05) is 0 Å². The van der Waals surface area contributed by atoms with Crippen molar-refractivity contribution in [3.8, 4) is 0 Å². The van der Waals surface area contributed by atoms with Gasteiger partial charge in [0.25, 0.3) is 0 Å². The smallest absolute Gasteiger partial charge is 0.0571 e. The second-order valence-electron chi connectivity index (χ2n) is 4.24. The molecule has 1 rings (SSSR count). The second kappa shape index (κ2) is 5.43. The van der Waals surface area contributed by atoms with Crippen LogP contribution in [0.15, 0.2) is 12.2 Å². The molecular weight excluding hydrogens is 160 g/mol. The van der Waals surface area contributed by atoms with Crippen LogP contribution in [0.5, 0.6) is 0 Å². The van der Waals surface area contributed by atoms with Crippen LogP contribution in [0.4, 0.5) is 0 Å². The monoisotopic (exact) mass is 182 g/mol. The molecule has 0 bridgehead atoms. The van der Waals surface area contributed by atoms with Crippen molar-refractivity contribution in [3.05, 3.63) is 12.2 Å². The highest BCUT2D eigenvalue weighted by Crippen LogP contribution is 2.28. The van der Waals surface area contributed by atoms with E-state index in [-0.39, 0.29) is 6.10 Å². The Morgan fingerprint density at radius 3 is 2.85 bits per heavy atom. The van der Waals surface area contributed by atoms with Gasteiger partial charge in [0.15, 0.2) is 0 Å². The lowest BCUT2D eigenvalue weighted by Crippen LogP contribution is -2.25. The largest absolute Gasteiger partial charge is 0.393 e. The van der Waals surface area contributed by atoms with E-state index in [9.17, 15) is 5.11 Å². The molecule has 0 heterocycles. The van der Waals surface area contributed by atoms with Gasteiger partial charge in [0.05, 0.1) is 6.10 Å². The first kappa shape index (κ1) is 10.8. The van der Waals surface area contributed by atoms with Gasteiger partial charge in [-0.05, 0) is 37.5 Å². The van der Waals surface area contributed by atoms with Crippen LogP contribution in [0.1, 0.15) is 46.0 Å². The molecule has 1 heteroatoms. The number of hydrogen-bond acceptors (Lipinski definition) is 1. The van der Waals surface area contributed by atoms with Gasteiger partial charge in [0.1, 0.15) is 0 Å². The third-order valence-corrected chi connectivity index (χ3v) is 3.16. The van der Waals surface area contributed by atoms with E-state index in [0.29, 0.717) is 11.8 Å². The quantitative estimate of drug-likeness (QED) is 0.662. The molecule has 1 N–H and O–H groups in total. The summed E-state index contributed by atoms with van der Waals surface area (Å²) in [6, 6.07) is 0. The summed E-state index contributed by atoms with van der Waals surface area (Å²) in [4.78, 5) is 0. The van der Waals surface area contributed by atoms with Crippen LogP contribution in [0.3, 0.4) is 0 Å². The minimum atomic E-state index is -0.0993. The average molecular weight is 182 g/mol. The Balaban J connectivity index is 2.40. The molecule has 1 aliphatic rings. The highest BCUT2D eigenvalue weighted by Gasteiger charge is 2.22. The fourth-order valence-electron chi connectivity index (χ4n) is 2.12. The fraction of sp³-hybridized carbons (Fsp3) is 0.833. The zero-order valence-corrected chi connectivity index (χ0v) is 8.87. The third-order valence-electron chi connectivity index (χ3n) is 3.16. The summed E-state index contributed by atoms with van der Waals surface area (Å²) in [5, 5.41) is 9.84. The standard InChI is InChI=1S/C12H22O/c1-3-7-12(13)10(2)11-8-5-4-6-9-11/h5,8,10-13H,3-4,6-7,9H2,1-2H3. The van der Waals surface area contributed by atoms with Crippen molar-refractivity contribution in [1.82, 2.24) is 0 Å². The third kappa shape index (κ3) is 3.15. The van der Waals surface area contributed by atoms with Gasteiger partial charge in [0.2, 0.25) is 0 Å². The van der Waals surface area contributed by atoms with E-state index in [0.717, 1.165) is 12.8 Å². The molecular formula is C12H22O. The average Bonchev–Trinajstić information content (AvgIpc) is 2.18. The predicted octanol–water partition coefficient (Wildman–Crippen LogP) is 3.14. The van der Waals surface area contributed by atoms with Crippen molar-refractivity contribution in [2.45, 2.75) is 52.1 Å². The second-order valence-corrected chi connectivity index (χ2v) is 4.24. The van der Waals surface area contributed by atoms with Gasteiger partial charge >= 0.3 is 0 Å². The van der Waals surface area contributed by atoms with Gasteiger partial charge in [-0.2, -0.15) is 0 Å². The van der Waals surface area contributed by atoms with Crippen LogP contribution in [0.2, 0.25) is 0 Å². The van der Waals surface area contributed by atoms with Crippen molar-refractivity contribution in [1.29, 1.82) is 0 Å². The van der Waals surface area contributed by atoms with Crippen molar-refractivity contribution in [3.63, 3.8) is 0 Å². The lowest BCUT2D eigenvalue weighted by molar-refractivity contribution is 0.0819. The molecule has 0 saturated carbocycles. The SMILES string of the molecule is CCCC(O)C(C)C1C=CCCC1. The van der Waals surface area contributed by atoms with Crippen LogP contribution in [0.25, 0.3) is 0 Å². The maximum absolute atomic E-state index is 9.84. The zero-order chi connectivity index (χ0) is 9.68. The highest BCUT2D eigenvalue weighted by atomic mass is 16.3. The molecule has 0 aromatic carbocycles. The summed E-state index contributed by atoms with van der Waals surface area (Å²) < 4.78 is 0. The Kier molecular flexibility index (Phi) is 4.51. The maximum atomic E-state index is 9.84. The van der Waals surface area contributed by atoms with Gasteiger partial charge in [-0.3, -0.25) is 0 Å². The van der Waals surface area contributed by atoms with Crippen LogP contribution < -0.4 is 0 Å². The Labute approximate surface area is 81.9 Å². The van der Waals surface area contributed by atoms with E-state index in [2.05, 4.69) is 26.0 Å². The number of aliphatic hydroxyl groups excluding tert-OH is 1. The molecule has 0 aromatic heterocycles. The molecule has 3 unspecified atom stereocenters. The van der Waals surface area contributed by atoms with E-state index in [4.69, 9.17) is 0 Å². The number of hydrogen-bond donors (Lipinski definition) is 1. The van der Waals surface area contributed by atoms with E-state index in [1.165, 1.54) is 19.3 Å². The van der Waals surface area contributed by atoms with Crippen molar-refractivity contribution in [2.24, 2.45) is 11.8 Å². The molecule has 1 nitrogen and oxygen atoms in total. The predicted molar refractivity (Wildman–Crippen MR) is 56.6 cm³/mol. The number of rotatable bonds is 4. The number of aliphatic hydroxyl groups is 1. The molecule has 0 radical (unpaired) electrons. The molecule has 0 amide bonds. The van der Waals surface area contributed by atoms with Crippen molar-refractivity contribution < 1.29 is 5.11 Å². The summed E-state index contributed by atoms with van der Waals surface area (Å²) in [5.74, 6) is 1.06. The Hall–Kier alpha value is -0.300. The molecule has 76 valence electrons. The molecule has 1 aliphatic carbocycles. The Morgan fingerprint density at radius 1 is 1.54 bits per heavy atom. The van der Waals surface area contributed by atoms with Gasteiger partial charge in [-0.25, -0.2) is 0 Å². The topological polar surface area (TPSA) is 20.2 Å². The molecule has 0 spiro atoms. The van der Waals surface area contributed by atoms with Crippen molar-refractivity contribution >= 4 is 0 Å². The Bertz CT molecular complexity index is 163. The fourth-order valence-corrected chi connectivity index (χ4v) is 2.12. The van der Waals surface area contributed by atoms with Crippen LogP contribution in [-0.4, -0.2) is 11.2 Å². The van der Waals surface area contributed by atoms with E-state index in [1.807, 2.05) is 0 Å². The van der Waals surface area contributed by atoms with E-state index in [1.54, 1.807) is 0 Å². The maximum Gasteiger partial charge on any atom is 0.0571 e. The van der Waals surface area contributed by atoms with E-state index < -0.39 is 0 Å². The van der Waals surface area contributed by atoms with Gasteiger partial charge in [-0.1, -0.05) is 32.4 Å². The summed E-state index contributed by atoms with van der Waals surface area (Å²) in [5.41, 5.74) is 0. The van der Waals surface area contributed by atoms with Crippen LogP contribution in [0, 0.1) is 11.8 Å². The van der Waals surface area contributed by atoms with Crippen LogP contribution >= 0.6 is 0 Å². The number of allylic oxidation sites excluding steroid dienone is 2. The summed E-state index contributed by atoms with van der Waals surface area (Å²) in [6.07, 6.45) is 10.3. The zero-order valence-electron chi connectivity index (χ0n) is 8.87. The first-order chi connectivity index (χ1) is 6.25. The highest BCUT2D eigenvalue weighted by molar-refractivity contribution is 4.96. The lowest BCUT2D eigenvalue weighted by Gasteiger charge is -2.27. The van der Waals surface area contributed by atoms with E-state index >= 15 is 0 Å². The molecule has 3 atom stereocenters. The van der Waals surface area contributed by atoms with Gasteiger partial charge < -0.3 is 5.11 Å². The minimum absolute atomic E-state index is 0.0993. The Morgan fingerprint density at radius 2 is 2.31 bits per heavy atom. The summed E-state index contributed by atoms with van der Waals surface area (Å²) in [6.45, 7) is 4.31. The van der Waals surface area contributed by atoms with Crippen LogP contribution in [-0.2, 0) is 0 Å². The summed E-state index contributed by atoms with van der Waals surface area (Å²) >= 11 is 0. The van der Waals surface area contributed by atoms with Gasteiger partial charge in [-0.15, -0.1) is 0 Å². The molecule has 13 heavy (non-hydrogen) atoms. The van der Waals surface area contributed by atoms with Crippen molar-refractivity contribution in [2.75, 3.05) is 0 Å².